The average Bonchev–Trinajstić information content (AvgIpc) is 2.59. The Morgan fingerprint density at radius 1 is 1.04 bits per heavy atom. The molecule has 0 aliphatic rings. The smallest absolute Gasteiger partial charge is 0.241 e. The van der Waals surface area contributed by atoms with Crippen LogP contribution in [-0.2, 0) is 24.7 Å². The van der Waals surface area contributed by atoms with Crippen molar-refractivity contribution in [2.24, 2.45) is 0 Å². The van der Waals surface area contributed by atoms with Gasteiger partial charge in [-0.05, 0) is 52.7 Å². The summed E-state index contributed by atoms with van der Waals surface area (Å²) in [4.78, 5) is 12.7. The number of rotatable bonds is 7. The molecule has 0 aromatic heterocycles. The summed E-state index contributed by atoms with van der Waals surface area (Å²) in [6.07, 6.45) is 2.15. The molecular weight excluding hydrogens is 468 g/mol. The molecule has 0 spiro atoms. The zero-order valence-corrected chi connectivity index (χ0v) is 18.8. The molecule has 0 aliphatic heterocycles. The van der Waals surface area contributed by atoms with Crippen LogP contribution in [0.1, 0.15) is 18.5 Å². The molecule has 0 unspecified atom stereocenters. The monoisotopic (exact) mass is 488 g/mol. The second-order valence-electron chi connectivity index (χ2n) is 6.35. The average molecular weight is 489 g/mol. The third kappa shape index (κ3) is 5.79. The predicted octanol–water partition coefficient (Wildman–Crippen LogP) is 2.50. The maximum absolute atomic E-state index is 12.5. The van der Waals surface area contributed by atoms with Gasteiger partial charge in [-0.3, -0.25) is 9.10 Å². The van der Waals surface area contributed by atoms with Crippen LogP contribution in [0.2, 0.25) is 0 Å². The minimum atomic E-state index is -3.68. The van der Waals surface area contributed by atoms with Gasteiger partial charge in [0.2, 0.25) is 15.9 Å². The zero-order valence-electron chi connectivity index (χ0n) is 15.6. The van der Waals surface area contributed by atoms with E-state index in [0.717, 1.165) is 16.8 Å². The highest BCUT2D eigenvalue weighted by Gasteiger charge is 2.23. The molecule has 10 heteroatoms. The second-order valence-corrected chi connectivity index (χ2v) is 11.1. The lowest BCUT2D eigenvalue weighted by Gasteiger charge is -2.24. The van der Waals surface area contributed by atoms with Crippen LogP contribution in [0.3, 0.4) is 0 Å². The number of nitrogens with one attached hydrogen (secondary N) is 1. The van der Waals surface area contributed by atoms with Crippen molar-refractivity contribution in [3.05, 3.63) is 58.6 Å². The molecule has 0 saturated heterocycles. The van der Waals surface area contributed by atoms with Crippen LogP contribution in [0.25, 0.3) is 0 Å². The number of anilines is 1. The number of sulfonamides is 1. The van der Waals surface area contributed by atoms with Crippen LogP contribution in [0.5, 0.6) is 0 Å². The van der Waals surface area contributed by atoms with Gasteiger partial charge in [0.25, 0.3) is 0 Å². The summed E-state index contributed by atoms with van der Waals surface area (Å²) in [5.74, 6) is -0.485. The molecule has 0 heterocycles. The highest BCUT2D eigenvalue weighted by molar-refractivity contribution is 9.10. The van der Waals surface area contributed by atoms with Crippen molar-refractivity contribution in [3.63, 3.8) is 0 Å². The molecule has 152 valence electrons. The summed E-state index contributed by atoms with van der Waals surface area (Å²) in [5, 5.41) is 2.74. The van der Waals surface area contributed by atoms with Crippen molar-refractivity contribution < 1.29 is 21.6 Å². The lowest BCUT2D eigenvalue weighted by molar-refractivity contribution is -0.120. The summed E-state index contributed by atoms with van der Waals surface area (Å²) in [5.41, 5.74) is 1.07. The number of hydrogen-bond donors (Lipinski definition) is 1. The molecule has 0 saturated carbocycles. The quantitative estimate of drug-likeness (QED) is 0.644. The van der Waals surface area contributed by atoms with Gasteiger partial charge in [0.05, 0.1) is 22.9 Å². The Morgan fingerprint density at radius 3 is 2.11 bits per heavy atom. The van der Waals surface area contributed by atoms with E-state index < -0.39 is 31.8 Å². The summed E-state index contributed by atoms with van der Waals surface area (Å²) < 4.78 is 49.0. The fourth-order valence-electron chi connectivity index (χ4n) is 2.54. The Balaban J connectivity index is 2.15. The first-order chi connectivity index (χ1) is 12.9. The molecule has 1 amide bonds. The first kappa shape index (κ1) is 22.4. The van der Waals surface area contributed by atoms with Crippen LogP contribution >= 0.6 is 15.9 Å². The molecular formula is C18H21BrN2O5S2. The summed E-state index contributed by atoms with van der Waals surface area (Å²) in [7, 11) is -6.98. The van der Waals surface area contributed by atoms with E-state index in [1.54, 1.807) is 43.3 Å². The number of carbonyl (C=O) groups excluding carboxylic acids is 1. The van der Waals surface area contributed by atoms with Gasteiger partial charge in [0.1, 0.15) is 6.54 Å². The number of halogens is 1. The molecule has 2 aromatic carbocycles. The summed E-state index contributed by atoms with van der Waals surface area (Å²) in [6, 6.07) is 12.5. The third-order valence-corrected chi connectivity index (χ3v) is 6.92. The van der Waals surface area contributed by atoms with Crippen molar-refractivity contribution in [2.75, 3.05) is 23.4 Å². The van der Waals surface area contributed by atoms with E-state index in [2.05, 4.69) is 21.2 Å². The van der Waals surface area contributed by atoms with Gasteiger partial charge in [-0.15, -0.1) is 0 Å². The number of benzene rings is 2. The van der Waals surface area contributed by atoms with Crippen molar-refractivity contribution in [3.8, 4) is 0 Å². The highest BCUT2D eigenvalue weighted by atomic mass is 79.9. The van der Waals surface area contributed by atoms with Gasteiger partial charge in [-0.2, -0.15) is 0 Å². The van der Waals surface area contributed by atoms with Gasteiger partial charge >= 0.3 is 0 Å². The Morgan fingerprint density at radius 2 is 1.61 bits per heavy atom. The minimum absolute atomic E-state index is 0.187. The van der Waals surface area contributed by atoms with Crippen molar-refractivity contribution >= 4 is 47.4 Å². The van der Waals surface area contributed by atoms with Crippen LogP contribution in [0, 0.1) is 0 Å². The van der Waals surface area contributed by atoms with Crippen LogP contribution in [0.15, 0.2) is 57.9 Å². The molecule has 0 fully saturated rings. The molecule has 7 nitrogen and oxygen atoms in total. The number of sulfone groups is 1. The van der Waals surface area contributed by atoms with Crippen molar-refractivity contribution in [1.82, 2.24) is 5.32 Å². The maximum atomic E-state index is 12.5. The molecule has 2 rings (SSSR count). The van der Waals surface area contributed by atoms with E-state index in [9.17, 15) is 21.6 Å². The van der Waals surface area contributed by atoms with Crippen LogP contribution in [-0.4, -0.2) is 41.8 Å². The normalized spacial score (nSPS) is 13.0. The van der Waals surface area contributed by atoms with E-state index in [-0.39, 0.29) is 11.4 Å². The van der Waals surface area contributed by atoms with Crippen LogP contribution < -0.4 is 9.62 Å². The van der Waals surface area contributed by atoms with E-state index in [0.29, 0.717) is 15.7 Å². The molecule has 2 aromatic rings. The van der Waals surface area contributed by atoms with Gasteiger partial charge in [-0.25, -0.2) is 16.8 Å². The van der Waals surface area contributed by atoms with Gasteiger partial charge in [0, 0.05) is 10.7 Å². The number of nitrogens with zero attached hydrogens (tertiary/aromatic N) is 1. The number of amides is 1. The lowest BCUT2D eigenvalue weighted by atomic mass is 10.1. The fourth-order valence-corrected chi connectivity index (χ4v) is 4.65. The Bertz CT molecular complexity index is 1070. The third-order valence-electron chi connectivity index (χ3n) is 3.99. The largest absolute Gasteiger partial charge is 0.348 e. The Kier molecular flexibility index (Phi) is 6.89. The number of carbonyl (C=O) groups is 1. The predicted molar refractivity (Wildman–Crippen MR) is 112 cm³/mol. The van der Waals surface area contributed by atoms with E-state index in [1.165, 1.54) is 12.1 Å². The van der Waals surface area contributed by atoms with Crippen molar-refractivity contribution in [2.45, 2.75) is 17.9 Å². The first-order valence-corrected chi connectivity index (χ1v) is 12.7. The standard InChI is InChI=1S/C18H21BrN2O5S2/c1-13(14-8-10-15(11-9-14)27(2,23)24)20-18(22)12-21(28(3,25)26)17-7-5-4-6-16(17)19/h4-11,13H,12H2,1-3H3,(H,20,22)/t13-/m1/s1. The fraction of sp³-hybridized carbons (Fsp3) is 0.278. The zero-order chi connectivity index (χ0) is 21.1. The summed E-state index contributed by atoms with van der Waals surface area (Å²) in [6.45, 7) is 1.35. The summed E-state index contributed by atoms with van der Waals surface area (Å²) >= 11 is 3.30. The molecule has 1 atom stereocenters. The number of para-hydroxylation sites is 1. The molecule has 0 aliphatic carbocycles. The maximum Gasteiger partial charge on any atom is 0.241 e. The van der Waals surface area contributed by atoms with Gasteiger partial charge < -0.3 is 5.32 Å². The highest BCUT2D eigenvalue weighted by Crippen LogP contribution is 2.27. The molecule has 28 heavy (non-hydrogen) atoms. The Hall–Kier alpha value is -1.91. The van der Waals surface area contributed by atoms with Gasteiger partial charge in [-0.1, -0.05) is 24.3 Å². The van der Waals surface area contributed by atoms with E-state index in [1.807, 2.05) is 0 Å². The topological polar surface area (TPSA) is 101 Å². The molecule has 0 radical (unpaired) electrons. The second kappa shape index (κ2) is 8.62. The van der Waals surface area contributed by atoms with E-state index in [4.69, 9.17) is 0 Å². The SMILES string of the molecule is C[C@@H](NC(=O)CN(c1ccccc1Br)S(C)(=O)=O)c1ccc(S(C)(=O)=O)cc1. The minimum Gasteiger partial charge on any atom is -0.348 e. The van der Waals surface area contributed by atoms with E-state index >= 15 is 0 Å². The number of hydrogen-bond acceptors (Lipinski definition) is 5. The van der Waals surface area contributed by atoms with Crippen LogP contribution in [0.4, 0.5) is 5.69 Å². The van der Waals surface area contributed by atoms with Gasteiger partial charge in [0.15, 0.2) is 9.84 Å². The Labute approximate surface area is 173 Å². The lowest BCUT2D eigenvalue weighted by Crippen LogP contribution is -2.41. The first-order valence-electron chi connectivity index (χ1n) is 8.21. The molecule has 0 bridgehead atoms. The van der Waals surface area contributed by atoms with Crippen molar-refractivity contribution in [1.29, 1.82) is 0 Å². The molecule has 1 N–H and O–H groups in total.